The molecule has 2 aromatic heterocycles. The van der Waals surface area contributed by atoms with Gasteiger partial charge in [0.1, 0.15) is 17.3 Å². The number of nitrogens with zero attached hydrogens (tertiary/aromatic N) is 2. The van der Waals surface area contributed by atoms with Crippen molar-refractivity contribution >= 4 is 51.6 Å². The minimum atomic E-state index is -0.381. The number of furan rings is 1. The second-order valence-electron chi connectivity index (χ2n) is 5.55. The molecular formula is C17H13Cl2N3O3S. The van der Waals surface area contributed by atoms with E-state index in [0.29, 0.717) is 43.6 Å². The van der Waals surface area contributed by atoms with Crippen LogP contribution in [0.3, 0.4) is 0 Å². The van der Waals surface area contributed by atoms with Gasteiger partial charge in [0.15, 0.2) is 5.82 Å². The maximum Gasteiger partial charge on any atom is 0.261 e. The number of rotatable bonds is 5. The van der Waals surface area contributed by atoms with Gasteiger partial charge in [-0.05, 0) is 38.1 Å². The van der Waals surface area contributed by atoms with Gasteiger partial charge in [-0.1, -0.05) is 23.2 Å². The first kappa shape index (κ1) is 18.6. The molecule has 1 N–H and O–H groups in total. The van der Waals surface area contributed by atoms with Crippen LogP contribution in [0.2, 0.25) is 10.0 Å². The molecule has 3 aromatic rings. The largest absolute Gasteiger partial charge is 0.460 e. The van der Waals surface area contributed by atoms with Crippen molar-refractivity contribution in [2.24, 2.45) is 0 Å². The molecule has 0 fully saturated rings. The Morgan fingerprint density at radius 1 is 1.27 bits per heavy atom. The van der Waals surface area contributed by atoms with Gasteiger partial charge in [-0.3, -0.25) is 14.9 Å². The zero-order chi connectivity index (χ0) is 18.8. The van der Waals surface area contributed by atoms with Crippen molar-refractivity contribution in [2.45, 2.75) is 20.3 Å². The van der Waals surface area contributed by atoms with Gasteiger partial charge in [-0.25, -0.2) is 4.98 Å². The van der Waals surface area contributed by atoms with Crippen molar-refractivity contribution in [1.82, 2.24) is 9.36 Å². The highest BCUT2D eigenvalue weighted by atomic mass is 35.5. The topological polar surface area (TPSA) is 85.1 Å². The van der Waals surface area contributed by atoms with Crippen LogP contribution in [0.25, 0.3) is 11.3 Å². The van der Waals surface area contributed by atoms with Gasteiger partial charge < -0.3 is 4.42 Å². The van der Waals surface area contributed by atoms with Gasteiger partial charge in [0.2, 0.25) is 5.13 Å². The van der Waals surface area contributed by atoms with Crippen molar-refractivity contribution in [3.8, 4) is 11.3 Å². The highest BCUT2D eigenvalue weighted by Gasteiger charge is 2.19. The summed E-state index contributed by atoms with van der Waals surface area (Å²) in [6.45, 7) is 3.14. The van der Waals surface area contributed by atoms with Crippen molar-refractivity contribution < 1.29 is 14.0 Å². The number of ketones is 1. The quantitative estimate of drug-likeness (QED) is 0.653. The number of aryl methyl sites for hydroxylation is 1. The third-order valence-electron chi connectivity index (χ3n) is 3.45. The lowest BCUT2D eigenvalue weighted by atomic mass is 10.1. The van der Waals surface area contributed by atoms with E-state index in [2.05, 4.69) is 14.7 Å². The average molecular weight is 410 g/mol. The second-order valence-corrected chi connectivity index (χ2v) is 7.15. The minimum Gasteiger partial charge on any atom is -0.460 e. The Kier molecular flexibility index (Phi) is 5.41. The predicted octanol–water partition coefficient (Wildman–Crippen LogP) is 4.80. The molecule has 3 rings (SSSR count). The van der Waals surface area contributed by atoms with Crippen LogP contribution in [0.1, 0.15) is 28.9 Å². The number of aromatic nitrogens is 2. The van der Waals surface area contributed by atoms with Gasteiger partial charge in [-0.15, -0.1) is 0 Å². The lowest BCUT2D eigenvalue weighted by Crippen LogP contribution is -2.12. The van der Waals surface area contributed by atoms with E-state index in [1.54, 1.807) is 31.2 Å². The number of anilines is 1. The van der Waals surface area contributed by atoms with Gasteiger partial charge >= 0.3 is 0 Å². The Morgan fingerprint density at radius 2 is 2.04 bits per heavy atom. The maximum atomic E-state index is 12.5. The Bertz CT molecular complexity index is 997. The van der Waals surface area contributed by atoms with Crippen LogP contribution < -0.4 is 5.32 Å². The molecule has 0 aliphatic carbocycles. The number of benzene rings is 1. The number of nitrogens with one attached hydrogen (secondary N) is 1. The van der Waals surface area contributed by atoms with Gasteiger partial charge in [0.25, 0.3) is 5.91 Å². The van der Waals surface area contributed by atoms with Crippen LogP contribution in [0.15, 0.2) is 28.7 Å². The Labute approximate surface area is 163 Å². The van der Waals surface area contributed by atoms with Gasteiger partial charge in [-0.2, -0.15) is 4.37 Å². The molecule has 0 saturated carbocycles. The van der Waals surface area contributed by atoms with Crippen LogP contribution in [0.4, 0.5) is 5.13 Å². The average Bonchev–Trinajstić information content (AvgIpc) is 3.13. The predicted molar refractivity (Wildman–Crippen MR) is 101 cm³/mol. The Morgan fingerprint density at radius 3 is 2.73 bits per heavy atom. The van der Waals surface area contributed by atoms with Gasteiger partial charge in [0.05, 0.1) is 17.0 Å². The summed E-state index contributed by atoms with van der Waals surface area (Å²) in [5.74, 6) is 0.861. The molecule has 26 heavy (non-hydrogen) atoms. The number of Topliss-reactive ketones (excluding diaryl/α,β-unsaturated/α-hetero) is 1. The Hall–Kier alpha value is -2.22. The number of hydrogen-bond acceptors (Lipinski definition) is 6. The summed E-state index contributed by atoms with van der Waals surface area (Å²) >= 11 is 13.1. The molecular weight excluding hydrogens is 397 g/mol. The van der Waals surface area contributed by atoms with Crippen molar-refractivity contribution in [3.05, 3.63) is 51.5 Å². The first-order chi connectivity index (χ1) is 12.3. The van der Waals surface area contributed by atoms with E-state index in [1.165, 1.54) is 6.92 Å². The normalized spacial score (nSPS) is 10.8. The van der Waals surface area contributed by atoms with Crippen LogP contribution in [-0.4, -0.2) is 21.0 Å². The van der Waals surface area contributed by atoms with Crippen molar-refractivity contribution in [2.75, 3.05) is 5.32 Å². The molecule has 0 aliphatic heterocycles. The monoisotopic (exact) mass is 409 g/mol. The molecule has 0 saturated heterocycles. The lowest BCUT2D eigenvalue weighted by Gasteiger charge is -2.00. The molecule has 0 atom stereocenters. The van der Waals surface area contributed by atoms with E-state index in [1.807, 2.05) is 0 Å². The summed E-state index contributed by atoms with van der Waals surface area (Å²) in [6, 6.07) is 6.63. The smallest absolute Gasteiger partial charge is 0.261 e. The third-order valence-corrected chi connectivity index (χ3v) is 4.67. The van der Waals surface area contributed by atoms with Crippen LogP contribution >= 0.6 is 34.7 Å². The Balaban J connectivity index is 1.81. The number of carbonyl (C=O) groups excluding carboxylic acids is 2. The van der Waals surface area contributed by atoms with E-state index in [-0.39, 0.29) is 18.1 Å². The maximum absolute atomic E-state index is 12.5. The minimum absolute atomic E-state index is 0.0455. The molecule has 1 amide bonds. The molecule has 9 heteroatoms. The zero-order valence-corrected chi connectivity index (χ0v) is 16.1. The summed E-state index contributed by atoms with van der Waals surface area (Å²) in [6.07, 6.45) is 0.135. The van der Waals surface area contributed by atoms with Crippen LogP contribution in [0.5, 0.6) is 0 Å². The fourth-order valence-corrected chi connectivity index (χ4v) is 3.38. The van der Waals surface area contributed by atoms with Crippen LogP contribution in [-0.2, 0) is 11.2 Å². The lowest BCUT2D eigenvalue weighted by molar-refractivity contribution is -0.116. The van der Waals surface area contributed by atoms with E-state index in [4.69, 9.17) is 27.6 Å². The highest BCUT2D eigenvalue weighted by molar-refractivity contribution is 7.09. The number of halogens is 2. The summed E-state index contributed by atoms with van der Waals surface area (Å²) in [5, 5.41) is 3.92. The van der Waals surface area contributed by atoms with E-state index in [9.17, 15) is 9.59 Å². The number of carbonyl (C=O) groups is 2. The van der Waals surface area contributed by atoms with Gasteiger partial charge in [0, 0.05) is 22.1 Å². The zero-order valence-electron chi connectivity index (χ0n) is 13.8. The summed E-state index contributed by atoms with van der Waals surface area (Å²) in [4.78, 5) is 27.7. The highest BCUT2D eigenvalue weighted by Crippen LogP contribution is 2.33. The fraction of sp³-hybridized carbons (Fsp3) is 0.176. The molecule has 0 spiro atoms. The third kappa shape index (κ3) is 4.12. The summed E-state index contributed by atoms with van der Waals surface area (Å²) < 4.78 is 9.71. The second kappa shape index (κ2) is 7.57. The fourth-order valence-electron chi connectivity index (χ4n) is 2.29. The molecule has 0 radical (unpaired) electrons. The first-order valence-corrected chi connectivity index (χ1v) is 9.05. The van der Waals surface area contributed by atoms with Crippen molar-refractivity contribution in [3.63, 3.8) is 0 Å². The molecule has 0 aliphatic rings. The molecule has 134 valence electrons. The molecule has 0 unspecified atom stereocenters. The van der Waals surface area contributed by atoms with E-state index < -0.39 is 0 Å². The molecule has 2 heterocycles. The standard InChI is InChI=1S/C17H13Cl2N3O3S/c1-8(23)5-15-20-17(26-22-15)21-16(24)12-7-14(25-9(12)2)11-4-3-10(18)6-13(11)19/h3-4,6-7H,5H2,1-2H3,(H,20,21,22,24). The van der Waals surface area contributed by atoms with E-state index in [0.717, 1.165) is 11.5 Å². The summed E-state index contributed by atoms with van der Waals surface area (Å²) in [5.41, 5.74) is 0.993. The van der Waals surface area contributed by atoms with Crippen LogP contribution in [0, 0.1) is 6.92 Å². The first-order valence-electron chi connectivity index (χ1n) is 7.52. The number of amides is 1. The molecule has 1 aromatic carbocycles. The molecule has 0 bridgehead atoms. The van der Waals surface area contributed by atoms with Crippen molar-refractivity contribution in [1.29, 1.82) is 0 Å². The SMILES string of the molecule is CC(=O)Cc1nsc(NC(=O)c2cc(-c3ccc(Cl)cc3Cl)oc2C)n1. The molecule has 6 nitrogen and oxygen atoms in total. The summed E-state index contributed by atoms with van der Waals surface area (Å²) in [7, 11) is 0. The van der Waals surface area contributed by atoms with E-state index >= 15 is 0 Å². The number of hydrogen-bond donors (Lipinski definition) is 1.